The smallest absolute Gasteiger partial charge is 0.308 e. The highest BCUT2D eigenvalue weighted by Gasteiger charge is 2.28. The van der Waals surface area contributed by atoms with E-state index in [1.54, 1.807) is 0 Å². The first-order valence-electron chi connectivity index (χ1n) is 5.92. The van der Waals surface area contributed by atoms with Gasteiger partial charge in [-0.3, -0.25) is 4.79 Å². The lowest BCUT2D eigenvalue weighted by Gasteiger charge is -2.17. The summed E-state index contributed by atoms with van der Waals surface area (Å²) in [6, 6.07) is 1.96. The van der Waals surface area contributed by atoms with E-state index in [-0.39, 0.29) is 5.92 Å². The zero-order chi connectivity index (χ0) is 12.4. The van der Waals surface area contributed by atoms with E-state index >= 15 is 0 Å². The van der Waals surface area contributed by atoms with Crippen LogP contribution in [-0.2, 0) is 11.2 Å². The van der Waals surface area contributed by atoms with Gasteiger partial charge in [-0.05, 0) is 19.8 Å². The molecule has 0 spiro atoms. The molecule has 0 unspecified atom stereocenters. The second kappa shape index (κ2) is 4.69. The molecule has 1 fully saturated rings. The van der Waals surface area contributed by atoms with Gasteiger partial charge in [-0.1, -0.05) is 6.92 Å². The second-order valence-corrected chi connectivity index (χ2v) is 4.39. The van der Waals surface area contributed by atoms with E-state index in [1.165, 1.54) is 0 Å². The van der Waals surface area contributed by atoms with Gasteiger partial charge in [-0.15, -0.1) is 0 Å². The van der Waals surface area contributed by atoms with Gasteiger partial charge in [-0.25, -0.2) is 9.97 Å². The van der Waals surface area contributed by atoms with Crippen molar-refractivity contribution in [2.24, 2.45) is 5.92 Å². The van der Waals surface area contributed by atoms with E-state index in [2.05, 4.69) is 16.9 Å². The van der Waals surface area contributed by atoms with Gasteiger partial charge < -0.3 is 10.0 Å². The lowest BCUT2D eigenvalue weighted by atomic mass is 10.1. The largest absolute Gasteiger partial charge is 0.481 e. The molecule has 1 N–H and O–H groups in total. The number of aryl methyl sites for hydroxylation is 2. The van der Waals surface area contributed by atoms with Crippen LogP contribution < -0.4 is 4.90 Å². The number of carboxylic acid groups (broad SMARTS) is 1. The normalized spacial score (nSPS) is 19.6. The Hall–Kier alpha value is -1.65. The second-order valence-electron chi connectivity index (χ2n) is 4.39. The maximum Gasteiger partial charge on any atom is 0.308 e. The van der Waals surface area contributed by atoms with Crippen LogP contribution in [0.3, 0.4) is 0 Å². The van der Waals surface area contributed by atoms with Crippen molar-refractivity contribution in [3.63, 3.8) is 0 Å². The van der Waals surface area contributed by atoms with Gasteiger partial charge in [0.1, 0.15) is 11.6 Å². The van der Waals surface area contributed by atoms with Crippen molar-refractivity contribution in [3.05, 3.63) is 17.6 Å². The van der Waals surface area contributed by atoms with Crippen molar-refractivity contribution >= 4 is 11.8 Å². The van der Waals surface area contributed by atoms with E-state index in [4.69, 9.17) is 5.11 Å². The summed E-state index contributed by atoms with van der Waals surface area (Å²) in [4.78, 5) is 21.6. The molecule has 1 atom stereocenters. The molecule has 0 amide bonds. The highest BCUT2D eigenvalue weighted by molar-refractivity contribution is 5.71. The number of anilines is 1. The van der Waals surface area contributed by atoms with Crippen molar-refractivity contribution in [2.75, 3.05) is 18.0 Å². The Bertz CT molecular complexity index is 434. The topological polar surface area (TPSA) is 66.3 Å². The Balaban J connectivity index is 2.18. The van der Waals surface area contributed by atoms with E-state index < -0.39 is 5.97 Å². The van der Waals surface area contributed by atoms with Gasteiger partial charge in [0, 0.05) is 24.8 Å². The fraction of sp³-hybridized carbons (Fsp3) is 0.583. The first-order valence-corrected chi connectivity index (χ1v) is 5.92. The Morgan fingerprint density at radius 3 is 2.94 bits per heavy atom. The first kappa shape index (κ1) is 11.8. The van der Waals surface area contributed by atoms with Crippen LogP contribution in [0.5, 0.6) is 0 Å². The van der Waals surface area contributed by atoms with E-state index in [0.717, 1.165) is 30.3 Å². The molecular formula is C12H17N3O2. The zero-order valence-electron chi connectivity index (χ0n) is 10.2. The zero-order valence-corrected chi connectivity index (χ0v) is 10.2. The predicted octanol–water partition coefficient (Wildman–Crippen LogP) is 1.26. The number of nitrogens with zero attached hydrogens (tertiary/aromatic N) is 3. The highest BCUT2D eigenvalue weighted by atomic mass is 16.4. The molecule has 17 heavy (non-hydrogen) atoms. The third-order valence-electron chi connectivity index (χ3n) is 3.10. The molecule has 1 aliphatic heterocycles. The van der Waals surface area contributed by atoms with Gasteiger partial charge in [-0.2, -0.15) is 0 Å². The molecule has 1 aromatic rings. The molecule has 5 heteroatoms. The molecule has 1 aromatic heterocycles. The lowest BCUT2D eigenvalue weighted by Crippen LogP contribution is -2.24. The van der Waals surface area contributed by atoms with Crippen LogP contribution in [0, 0.1) is 12.8 Å². The number of carboxylic acids is 1. The number of hydrogen-bond acceptors (Lipinski definition) is 4. The van der Waals surface area contributed by atoms with Crippen molar-refractivity contribution < 1.29 is 9.90 Å². The molecule has 92 valence electrons. The molecule has 0 bridgehead atoms. The van der Waals surface area contributed by atoms with Gasteiger partial charge in [0.25, 0.3) is 0 Å². The minimum absolute atomic E-state index is 0.268. The summed E-state index contributed by atoms with van der Waals surface area (Å²) < 4.78 is 0. The summed E-state index contributed by atoms with van der Waals surface area (Å²) >= 11 is 0. The molecule has 0 saturated carbocycles. The number of rotatable bonds is 3. The Kier molecular flexibility index (Phi) is 3.26. The van der Waals surface area contributed by atoms with E-state index in [9.17, 15) is 4.79 Å². The van der Waals surface area contributed by atoms with Crippen molar-refractivity contribution in [3.8, 4) is 0 Å². The molecule has 2 heterocycles. The van der Waals surface area contributed by atoms with Gasteiger partial charge in [0.2, 0.25) is 0 Å². The van der Waals surface area contributed by atoms with Crippen LogP contribution in [0.1, 0.15) is 24.9 Å². The van der Waals surface area contributed by atoms with Gasteiger partial charge >= 0.3 is 5.97 Å². The minimum atomic E-state index is -0.714. The van der Waals surface area contributed by atoms with Crippen molar-refractivity contribution in [2.45, 2.75) is 26.7 Å². The number of aliphatic carboxylic acids is 1. The molecule has 0 aromatic carbocycles. The lowest BCUT2D eigenvalue weighted by molar-refractivity contribution is -0.140. The SMILES string of the molecule is CCc1cc(N2CC[C@@H](C(=O)O)C2)nc(C)n1. The highest BCUT2D eigenvalue weighted by Crippen LogP contribution is 2.23. The Labute approximate surface area is 100 Å². The summed E-state index contributed by atoms with van der Waals surface area (Å²) in [5.41, 5.74) is 1.01. The van der Waals surface area contributed by atoms with Crippen LogP contribution in [-0.4, -0.2) is 34.1 Å². The Morgan fingerprint density at radius 2 is 2.35 bits per heavy atom. The molecule has 1 saturated heterocycles. The summed E-state index contributed by atoms with van der Waals surface area (Å²) in [6.07, 6.45) is 1.56. The quantitative estimate of drug-likeness (QED) is 0.854. The fourth-order valence-electron chi connectivity index (χ4n) is 2.13. The molecule has 0 aliphatic carbocycles. The summed E-state index contributed by atoms with van der Waals surface area (Å²) in [7, 11) is 0. The maximum atomic E-state index is 10.9. The summed E-state index contributed by atoms with van der Waals surface area (Å²) in [5.74, 6) is 0.626. The third-order valence-corrected chi connectivity index (χ3v) is 3.10. The van der Waals surface area contributed by atoms with Gasteiger partial charge in [0.15, 0.2) is 0 Å². The van der Waals surface area contributed by atoms with Gasteiger partial charge in [0.05, 0.1) is 5.92 Å². The molecular weight excluding hydrogens is 218 g/mol. The monoisotopic (exact) mass is 235 g/mol. The number of hydrogen-bond donors (Lipinski definition) is 1. The Morgan fingerprint density at radius 1 is 1.59 bits per heavy atom. The number of aromatic nitrogens is 2. The third kappa shape index (κ3) is 2.54. The molecule has 2 rings (SSSR count). The van der Waals surface area contributed by atoms with Crippen molar-refractivity contribution in [1.82, 2.24) is 9.97 Å². The van der Waals surface area contributed by atoms with E-state index in [0.29, 0.717) is 13.0 Å². The van der Waals surface area contributed by atoms with Crippen molar-refractivity contribution in [1.29, 1.82) is 0 Å². The molecule has 1 aliphatic rings. The number of carbonyl (C=O) groups is 1. The van der Waals surface area contributed by atoms with Crippen LogP contribution in [0.25, 0.3) is 0 Å². The minimum Gasteiger partial charge on any atom is -0.481 e. The summed E-state index contributed by atoms with van der Waals surface area (Å²) in [6.45, 7) is 5.23. The summed E-state index contributed by atoms with van der Waals surface area (Å²) in [5, 5.41) is 8.97. The van der Waals surface area contributed by atoms with Crippen LogP contribution in [0.2, 0.25) is 0 Å². The van der Waals surface area contributed by atoms with E-state index in [1.807, 2.05) is 17.9 Å². The van der Waals surface area contributed by atoms with Crippen LogP contribution in [0.15, 0.2) is 6.07 Å². The first-order chi connectivity index (χ1) is 8.10. The maximum absolute atomic E-state index is 10.9. The standard InChI is InChI=1S/C12H17N3O2/c1-3-10-6-11(14-8(2)13-10)15-5-4-9(7-15)12(16)17/h6,9H,3-5,7H2,1-2H3,(H,16,17)/t9-/m1/s1. The average molecular weight is 235 g/mol. The molecule has 5 nitrogen and oxygen atoms in total. The van der Waals surface area contributed by atoms with Crippen LogP contribution in [0.4, 0.5) is 5.82 Å². The predicted molar refractivity (Wildman–Crippen MR) is 64.1 cm³/mol. The average Bonchev–Trinajstić information content (AvgIpc) is 2.77. The fourth-order valence-corrected chi connectivity index (χ4v) is 2.13. The molecule has 0 radical (unpaired) electrons. The van der Waals surface area contributed by atoms with Crippen LogP contribution >= 0.6 is 0 Å².